The molecule has 28 heavy (non-hydrogen) atoms. The molecule has 0 spiro atoms. The Kier molecular flexibility index (Phi) is 26.0. The van der Waals surface area contributed by atoms with Crippen LogP contribution in [0.25, 0.3) is 11.1 Å². The molecule has 0 atom stereocenters. The number of nitrogens with zero attached hydrogens (tertiary/aromatic N) is 1. The number of aromatic nitrogens is 1. The van der Waals surface area contributed by atoms with Crippen LogP contribution in [0.1, 0.15) is 112 Å². The van der Waals surface area contributed by atoms with Crippen molar-refractivity contribution in [1.82, 2.24) is 4.98 Å². The van der Waals surface area contributed by atoms with Crippen molar-refractivity contribution in [2.75, 3.05) is 0 Å². The third-order valence-corrected chi connectivity index (χ3v) is 3.32. The number of benzene rings is 1. The summed E-state index contributed by atoms with van der Waals surface area (Å²) in [5, 5.41) is 0. The number of pyridine rings is 1. The van der Waals surface area contributed by atoms with Crippen molar-refractivity contribution < 1.29 is 0 Å². The lowest BCUT2D eigenvalue weighted by Crippen LogP contribution is -1.87. The summed E-state index contributed by atoms with van der Waals surface area (Å²) in [7, 11) is 0. The lowest BCUT2D eigenvalue weighted by molar-refractivity contribution is 0.867. The highest BCUT2D eigenvalue weighted by Gasteiger charge is 2.00. The van der Waals surface area contributed by atoms with E-state index in [4.69, 9.17) is 0 Å². The van der Waals surface area contributed by atoms with Crippen LogP contribution in [0.3, 0.4) is 0 Å². The third kappa shape index (κ3) is 17.8. The van der Waals surface area contributed by atoms with Gasteiger partial charge >= 0.3 is 0 Å². The van der Waals surface area contributed by atoms with E-state index in [-0.39, 0.29) is 0 Å². The van der Waals surface area contributed by atoms with Crippen LogP contribution >= 0.6 is 0 Å². The Bertz CT molecular complexity index is 505. The molecule has 0 amide bonds. The van der Waals surface area contributed by atoms with Crippen molar-refractivity contribution in [3.63, 3.8) is 0 Å². The van der Waals surface area contributed by atoms with Gasteiger partial charge in [0.1, 0.15) is 0 Å². The van der Waals surface area contributed by atoms with E-state index in [0.29, 0.717) is 5.92 Å². The zero-order chi connectivity index (χ0) is 22.4. The summed E-state index contributed by atoms with van der Waals surface area (Å²) in [6.07, 6.45) is 7.07. The molecule has 162 valence electrons. The molecule has 1 aromatic carbocycles. The summed E-state index contributed by atoms with van der Waals surface area (Å²) in [6, 6.07) is 12.9. The number of rotatable bonds is 3. The van der Waals surface area contributed by atoms with Gasteiger partial charge in [0.05, 0.1) is 0 Å². The first-order valence-corrected chi connectivity index (χ1v) is 11.4. The highest BCUT2D eigenvalue weighted by molar-refractivity contribution is 5.62. The van der Waals surface area contributed by atoms with Gasteiger partial charge < -0.3 is 0 Å². The molecule has 0 N–H and O–H groups in total. The Hall–Kier alpha value is -1.63. The number of hydrogen-bond donors (Lipinski definition) is 0. The molecular weight excluding hydrogens is 338 g/mol. The van der Waals surface area contributed by atoms with Crippen molar-refractivity contribution in [3.8, 4) is 11.1 Å². The van der Waals surface area contributed by atoms with Gasteiger partial charge in [0.15, 0.2) is 0 Å². The number of aryl methyl sites for hydroxylation is 1. The van der Waals surface area contributed by atoms with Crippen molar-refractivity contribution >= 4 is 0 Å². The predicted octanol–water partition coefficient (Wildman–Crippen LogP) is 9.85. The largest absolute Gasteiger partial charge is 0.261 e. The first-order valence-electron chi connectivity index (χ1n) is 11.4. The average molecular weight is 388 g/mol. The molecule has 1 heteroatoms. The monoisotopic (exact) mass is 387 g/mol. The van der Waals surface area contributed by atoms with Gasteiger partial charge in [0.25, 0.3) is 0 Å². The van der Waals surface area contributed by atoms with Crippen molar-refractivity contribution in [2.24, 2.45) is 0 Å². The van der Waals surface area contributed by atoms with Gasteiger partial charge in [-0.2, -0.15) is 0 Å². The molecule has 0 fully saturated rings. The highest BCUT2D eigenvalue weighted by atomic mass is 14.7. The van der Waals surface area contributed by atoms with Gasteiger partial charge in [-0.25, -0.2) is 0 Å². The van der Waals surface area contributed by atoms with Crippen LogP contribution in [0.5, 0.6) is 0 Å². The van der Waals surface area contributed by atoms with Crippen LogP contribution < -0.4 is 0 Å². The van der Waals surface area contributed by atoms with Gasteiger partial charge in [0, 0.05) is 17.5 Å². The summed E-state index contributed by atoms with van der Waals surface area (Å²) in [5.74, 6) is 0.588. The molecule has 0 unspecified atom stereocenters. The summed E-state index contributed by atoms with van der Waals surface area (Å²) in [5.41, 5.74) is 4.85. The molecule has 1 nitrogen and oxygen atoms in total. The summed E-state index contributed by atoms with van der Waals surface area (Å²) in [6.45, 7) is 23.3. The van der Waals surface area contributed by atoms with E-state index in [1.165, 1.54) is 42.4 Å². The fourth-order valence-electron chi connectivity index (χ4n) is 1.70. The van der Waals surface area contributed by atoms with Crippen LogP contribution in [0, 0.1) is 6.92 Å². The summed E-state index contributed by atoms with van der Waals surface area (Å²) < 4.78 is 0. The second-order valence-electron chi connectivity index (χ2n) is 6.88. The smallest absolute Gasteiger partial charge is 0.0373 e. The van der Waals surface area contributed by atoms with Crippen molar-refractivity contribution in [2.45, 2.75) is 108 Å². The first-order chi connectivity index (χ1) is 13.4. The molecule has 0 aliphatic rings. The number of unbranched alkanes of at least 4 members (excludes halogenated alkanes) is 1. The summed E-state index contributed by atoms with van der Waals surface area (Å²) in [4.78, 5) is 4.31. The maximum Gasteiger partial charge on any atom is 0.0373 e. The van der Waals surface area contributed by atoms with Crippen LogP contribution in [0.15, 0.2) is 42.6 Å². The van der Waals surface area contributed by atoms with Gasteiger partial charge in [-0.05, 0) is 30.0 Å². The lowest BCUT2D eigenvalue weighted by Gasteiger charge is -2.07. The molecule has 2 rings (SSSR count). The Morgan fingerprint density at radius 1 is 0.679 bits per heavy atom. The molecule has 0 aliphatic heterocycles. The molecular formula is C27H49N. The van der Waals surface area contributed by atoms with Gasteiger partial charge in [-0.1, -0.05) is 125 Å². The SMILES string of the molecule is CC.CCC.CCC.CCCC.Cc1ccc(-c2ccc(C(C)C)cc2)cn1. The van der Waals surface area contributed by atoms with Crippen molar-refractivity contribution in [1.29, 1.82) is 0 Å². The highest BCUT2D eigenvalue weighted by Crippen LogP contribution is 2.22. The Morgan fingerprint density at radius 2 is 1.07 bits per heavy atom. The van der Waals surface area contributed by atoms with E-state index in [0.717, 1.165) is 5.69 Å². The van der Waals surface area contributed by atoms with E-state index < -0.39 is 0 Å². The average Bonchev–Trinajstić information content (AvgIpc) is 2.71. The topological polar surface area (TPSA) is 12.9 Å². The molecule has 0 radical (unpaired) electrons. The molecule has 1 aromatic heterocycles. The van der Waals surface area contributed by atoms with Gasteiger partial charge in [-0.3, -0.25) is 4.98 Å². The quantitative estimate of drug-likeness (QED) is 0.510. The van der Waals surface area contributed by atoms with E-state index in [9.17, 15) is 0 Å². The standard InChI is InChI=1S/C15H17N.C4H10.2C3H8.C2H6/c1-11(2)13-6-8-14(9-7-13)15-5-4-12(3)16-10-15;1-3-4-2;2*1-3-2;1-2/h4-11H,1-3H3;3-4H2,1-2H3;2*3H2,1-2H3;1-2H3. The third-order valence-electron chi connectivity index (χ3n) is 3.32. The van der Waals surface area contributed by atoms with Gasteiger partial charge in [0.2, 0.25) is 0 Å². The Morgan fingerprint density at radius 3 is 1.36 bits per heavy atom. The minimum Gasteiger partial charge on any atom is -0.261 e. The molecule has 0 aliphatic carbocycles. The molecule has 0 saturated heterocycles. The van der Waals surface area contributed by atoms with Gasteiger partial charge in [-0.15, -0.1) is 0 Å². The normalized spacial score (nSPS) is 8.71. The van der Waals surface area contributed by atoms with E-state index in [1.54, 1.807) is 0 Å². The minimum atomic E-state index is 0.588. The lowest BCUT2D eigenvalue weighted by atomic mass is 9.99. The molecule has 0 bridgehead atoms. The summed E-state index contributed by atoms with van der Waals surface area (Å²) >= 11 is 0. The van der Waals surface area contributed by atoms with E-state index in [1.807, 2.05) is 33.0 Å². The minimum absolute atomic E-state index is 0.588. The number of hydrogen-bond acceptors (Lipinski definition) is 1. The van der Waals surface area contributed by atoms with E-state index >= 15 is 0 Å². The molecule has 0 saturated carbocycles. The maximum atomic E-state index is 4.31. The maximum absolute atomic E-state index is 4.31. The predicted molar refractivity (Wildman–Crippen MR) is 132 cm³/mol. The second-order valence-corrected chi connectivity index (χ2v) is 6.88. The fraction of sp³-hybridized carbons (Fsp3) is 0.593. The van der Waals surface area contributed by atoms with Crippen molar-refractivity contribution in [3.05, 3.63) is 53.9 Å². The molecule has 1 heterocycles. The zero-order valence-corrected chi connectivity index (χ0v) is 20.9. The first kappa shape index (κ1) is 31.1. The second kappa shape index (κ2) is 23.4. The molecule has 2 aromatic rings. The van der Waals surface area contributed by atoms with Crippen LogP contribution in [-0.2, 0) is 0 Å². The fourth-order valence-corrected chi connectivity index (χ4v) is 1.70. The Balaban J connectivity index is -0.000000435. The van der Waals surface area contributed by atoms with Crippen LogP contribution in [-0.4, -0.2) is 4.98 Å². The van der Waals surface area contributed by atoms with E-state index in [2.05, 4.69) is 90.7 Å². The van der Waals surface area contributed by atoms with Crippen LogP contribution in [0.4, 0.5) is 0 Å². The Labute approximate surface area is 178 Å². The van der Waals surface area contributed by atoms with Crippen LogP contribution in [0.2, 0.25) is 0 Å². The zero-order valence-electron chi connectivity index (χ0n) is 20.9.